The van der Waals surface area contributed by atoms with Gasteiger partial charge in [-0.1, -0.05) is 6.08 Å². The minimum Gasteiger partial charge on any atom is -0.466 e. The second kappa shape index (κ2) is 6.31. The average molecular weight is 169 g/mol. The van der Waals surface area contributed by atoms with E-state index in [-0.39, 0.29) is 5.97 Å². The zero-order valence-electron chi connectivity index (χ0n) is 7.16. The molecular weight excluding hydrogens is 158 g/mol. The van der Waals surface area contributed by atoms with Gasteiger partial charge in [-0.25, -0.2) is 14.6 Å². The van der Waals surface area contributed by atoms with Crippen LogP contribution < -0.4 is 0 Å². The highest BCUT2D eigenvalue weighted by Gasteiger charge is 2.00. The van der Waals surface area contributed by atoms with Gasteiger partial charge in [0.2, 0.25) is 6.08 Å². The molecule has 0 bridgehead atoms. The first-order valence-corrected chi connectivity index (χ1v) is 3.51. The van der Waals surface area contributed by atoms with E-state index in [4.69, 9.17) is 0 Å². The molecule has 4 heteroatoms. The van der Waals surface area contributed by atoms with Crippen LogP contribution in [0.2, 0.25) is 0 Å². The summed E-state index contributed by atoms with van der Waals surface area (Å²) in [6.45, 7) is 2.01. The Hall–Kier alpha value is -1.41. The molecule has 0 unspecified atom stereocenters. The van der Waals surface area contributed by atoms with Gasteiger partial charge in [0.15, 0.2) is 0 Å². The van der Waals surface area contributed by atoms with Crippen LogP contribution in [0.15, 0.2) is 16.6 Å². The lowest BCUT2D eigenvalue weighted by molar-refractivity contribution is -0.136. The number of nitrogens with zero attached hydrogens (tertiary/aromatic N) is 1. The van der Waals surface area contributed by atoms with Gasteiger partial charge in [0.25, 0.3) is 0 Å². The summed E-state index contributed by atoms with van der Waals surface area (Å²) < 4.78 is 4.45. The SMILES string of the molecule is COC(=O)C(C)=CCCN=C=O. The molecule has 0 rings (SSSR count). The van der Waals surface area contributed by atoms with E-state index in [0.29, 0.717) is 18.5 Å². The maximum Gasteiger partial charge on any atom is 0.333 e. The van der Waals surface area contributed by atoms with Crippen molar-refractivity contribution in [1.29, 1.82) is 0 Å². The summed E-state index contributed by atoms with van der Waals surface area (Å²) in [4.78, 5) is 23.7. The zero-order valence-corrected chi connectivity index (χ0v) is 7.16. The van der Waals surface area contributed by atoms with E-state index in [2.05, 4.69) is 9.73 Å². The van der Waals surface area contributed by atoms with Crippen molar-refractivity contribution in [3.05, 3.63) is 11.6 Å². The summed E-state index contributed by atoms with van der Waals surface area (Å²) in [6, 6.07) is 0. The van der Waals surface area contributed by atoms with Gasteiger partial charge in [-0.05, 0) is 13.3 Å². The van der Waals surface area contributed by atoms with Crippen molar-refractivity contribution < 1.29 is 14.3 Å². The second-order valence-corrected chi connectivity index (χ2v) is 2.14. The molecule has 0 heterocycles. The molecule has 0 aromatic carbocycles. The van der Waals surface area contributed by atoms with E-state index in [1.54, 1.807) is 13.0 Å². The van der Waals surface area contributed by atoms with E-state index >= 15 is 0 Å². The van der Waals surface area contributed by atoms with Crippen molar-refractivity contribution in [2.75, 3.05) is 13.7 Å². The number of methoxy groups -OCH3 is 1. The molecule has 0 aliphatic heterocycles. The van der Waals surface area contributed by atoms with E-state index < -0.39 is 0 Å². The third kappa shape index (κ3) is 4.41. The molecule has 0 aliphatic carbocycles. The van der Waals surface area contributed by atoms with Crippen LogP contribution in [0, 0.1) is 0 Å². The Balaban J connectivity index is 3.83. The van der Waals surface area contributed by atoms with Crippen LogP contribution in [0.25, 0.3) is 0 Å². The van der Waals surface area contributed by atoms with Crippen molar-refractivity contribution in [2.45, 2.75) is 13.3 Å². The minimum absolute atomic E-state index is 0.356. The predicted molar refractivity (Wildman–Crippen MR) is 43.4 cm³/mol. The van der Waals surface area contributed by atoms with Gasteiger partial charge in [0, 0.05) is 5.57 Å². The molecule has 0 N–H and O–H groups in total. The number of rotatable bonds is 4. The van der Waals surface area contributed by atoms with Gasteiger partial charge >= 0.3 is 5.97 Å². The highest BCUT2D eigenvalue weighted by Crippen LogP contribution is 1.97. The van der Waals surface area contributed by atoms with E-state index in [9.17, 15) is 9.59 Å². The molecule has 66 valence electrons. The molecule has 0 amide bonds. The lowest BCUT2D eigenvalue weighted by atomic mass is 10.2. The standard InChI is InChI=1S/C8H11NO3/c1-7(8(11)12-2)4-3-5-9-6-10/h4H,3,5H2,1-2H3. The molecule has 0 aliphatic rings. The number of carbonyl (C=O) groups excluding carboxylic acids is 2. The van der Waals surface area contributed by atoms with Gasteiger partial charge in [-0.2, -0.15) is 0 Å². The molecule has 12 heavy (non-hydrogen) atoms. The fourth-order valence-electron chi connectivity index (χ4n) is 0.636. The van der Waals surface area contributed by atoms with Gasteiger partial charge in [0.05, 0.1) is 13.7 Å². The topological polar surface area (TPSA) is 55.7 Å². The van der Waals surface area contributed by atoms with Crippen LogP contribution >= 0.6 is 0 Å². The summed E-state index contributed by atoms with van der Waals surface area (Å²) in [5.74, 6) is -0.356. The molecule has 0 saturated carbocycles. The zero-order chi connectivity index (χ0) is 9.40. The molecule has 0 atom stereocenters. The molecule has 0 fully saturated rings. The minimum atomic E-state index is -0.356. The van der Waals surface area contributed by atoms with Crippen molar-refractivity contribution in [3.63, 3.8) is 0 Å². The van der Waals surface area contributed by atoms with Gasteiger partial charge in [-0.3, -0.25) is 0 Å². The number of isocyanates is 1. The Labute approximate surface area is 70.9 Å². The number of aliphatic imine (C=N–C) groups is 1. The third-order valence-corrected chi connectivity index (χ3v) is 1.26. The fourth-order valence-corrected chi connectivity index (χ4v) is 0.636. The Morgan fingerprint density at radius 3 is 2.83 bits per heavy atom. The summed E-state index contributed by atoms with van der Waals surface area (Å²) in [6.07, 6.45) is 3.64. The monoisotopic (exact) mass is 169 g/mol. The smallest absolute Gasteiger partial charge is 0.333 e. The largest absolute Gasteiger partial charge is 0.466 e. The summed E-state index contributed by atoms with van der Waals surface area (Å²) in [5.41, 5.74) is 0.526. The highest BCUT2D eigenvalue weighted by atomic mass is 16.5. The van der Waals surface area contributed by atoms with Gasteiger partial charge in [0.1, 0.15) is 0 Å². The molecule has 4 nitrogen and oxygen atoms in total. The summed E-state index contributed by atoms with van der Waals surface area (Å²) >= 11 is 0. The van der Waals surface area contributed by atoms with Crippen molar-refractivity contribution >= 4 is 12.0 Å². The quantitative estimate of drug-likeness (QED) is 0.206. The maximum absolute atomic E-state index is 10.8. The lowest BCUT2D eigenvalue weighted by Crippen LogP contribution is -2.01. The molecule has 0 spiro atoms. The van der Waals surface area contributed by atoms with Crippen molar-refractivity contribution in [1.82, 2.24) is 0 Å². The Kier molecular flexibility index (Phi) is 5.57. The van der Waals surface area contributed by atoms with Crippen LogP contribution in [0.4, 0.5) is 0 Å². The molecule has 0 saturated heterocycles. The average Bonchev–Trinajstić information content (AvgIpc) is 2.10. The molecule has 0 aromatic rings. The van der Waals surface area contributed by atoms with Crippen LogP contribution in [-0.2, 0) is 14.3 Å². The van der Waals surface area contributed by atoms with Crippen LogP contribution in [-0.4, -0.2) is 25.7 Å². The van der Waals surface area contributed by atoms with Crippen LogP contribution in [0.5, 0.6) is 0 Å². The predicted octanol–water partition coefficient (Wildman–Crippen LogP) is 0.832. The number of esters is 1. The first-order valence-electron chi connectivity index (χ1n) is 3.51. The Bertz CT molecular complexity index is 226. The number of hydrogen-bond acceptors (Lipinski definition) is 4. The Morgan fingerprint density at radius 1 is 1.67 bits per heavy atom. The van der Waals surface area contributed by atoms with E-state index in [0.717, 1.165) is 0 Å². The number of hydrogen-bond donors (Lipinski definition) is 0. The van der Waals surface area contributed by atoms with E-state index in [1.165, 1.54) is 13.2 Å². The molecular formula is C8H11NO3. The number of ether oxygens (including phenoxy) is 1. The maximum atomic E-state index is 10.8. The van der Waals surface area contributed by atoms with Crippen molar-refractivity contribution in [3.8, 4) is 0 Å². The molecule has 0 radical (unpaired) electrons. The van der Waals surface area contributed by atoms with Crippen LogP contribution in [0.3, 0.4) is 0 Å². The van der Waals surface area contributed by atoms with E-state index in [1.807, 2.05) is 0 Å². The highest BCUT2D eigenvalue weighted by molar-refractivity contribution is 5.87. The molecule has 0 aromatic heterocycles. The first kappa shape index (κ1) is 10.6. The van der Waals surface area contributed by atoms with Gasteiger partial charge < -0.3 is 4.74 Å². The second-order valence-electron chi connectivity index (χ2n) is 2.14. The summed E-state index contributed by atoms with van der Waals surface area (Å²) in [5, 5.41) is 0. The normalized spacial score (nSPS) is 10.3. The Morgan fingerprint density at radius 2 is 2.33 bits per heavy atom. The van der Waals surface area contributed by atoms with Gasteiger partial charge in [-0.15, -0.1) is 0 Å². The first-order chi connectivity index (χ1) is 5.72. The lowest BCUT2D eigenvalue weighted by Gasteiger charge is -1.96. The third-order valence-electron chi connectivity index (χ3n) is 1.26. The number of carbonyl (C=O) groups is 1. The van der Waals surface area contributed by atoms with Crippen LogP contribution in [0.1, 0.15) is 13.3 Å². The van der Waals surface area contributed by atoms with Crippen molar-refractivity contribution in [2.24, 2.45) is 4.99 Å². The summed E-state index contributed by atoms with van der Waals surface area (Å²) in [7, 11) is 1.32. The fraction of sp³-hybridized carbons (Fsp3) is 0.500.